The first-order valence-corrected chi connectivity index (χ1v) is 10.6. The van der Waals surface area contributed by atoms with Crippen LogP contribution in [-0.4, -0.2) is 32.2 Å². The minimum Gasteiger partial charge on any atom is -0.495 e. The topological polar surface area (TPSA) is 125 Å². The van der Waals surface area contributed by atoms with Crippen molar-refractivity contribution >= 4 is 40.7 Å². The monoisotopic (exact) mass is 427 g/mol. The number of benzene rings is 1. The van der Waals surface area contributed by atoms with E-state index in [0.29, 0.717) is 40.7 Å². The molecule has 0 fully saturated rings. The molecule has 1 aromatic carbocycles. The minimum atomic E-state index is 0.144. The lowest BCUT2D eigenvalue weighted by Crippen LogP contribution is -2.07. The van der Waals surface area contributed by atoms with Gasteiger partial charge in [-0.2, -0.15) is 31.3 Å². The molecule has 0 aliphatic heterocycles. The fourth-order valence-electron chi connectivity index (χ4n) is 2.48. The number of thiophene rings is 1. The Hall–Kier alpha value is -3.18. The van der Waals surface area contributed by atoms with Crippen molar-refractivity contribution in [2.45, 2.75) is 11.5 Å². The highest BCUT2D eigenvalue weighted by Gasteiger charge is 2.11. The van der Waals surface area contributed by atoms with Crippen molar-refractivity contribution < 1.29 is 9.26 Å². The van der Waals surface area contributed by atoms with Gasteiger partial charge in [0.2, 0.25) is 23.6 Å². The van der Waals surface area contributed by atoms with Gasteiger partial charge in [-0.15, -0.1) is 11.8 Å². The van der Waals surface area contributed by atoms with Gasteiger partial charge in [0.05, 0.1) is 24.3 Å². The summed E-state index contributed by atoms with van der Waals surface area (Å²) in [4.78, 5) is 17.2. The number of anilines is 3. The van der Waals surface area contributed by atoms with Gasteiger partial charge < -0.3 is 20.3 Å². The summed E-state index contributed by atoms with van der Waals surface area (Å²) in [6.07, 6.45) is 0. The van der Waals surface area contributed by atoms with Crippen molar-refractivity contribution in [3.8, 4) is 17.1 Å². The van der Waals surface area contributed by atoms with Crippen LogP contribution in [0.5, 0.6) is 5.75 Å². The summed E-state index contributed by atoms with van der Waals surface area (Å²) in [6, 6.07) is 9.44. The molecule has 0 amide bonds. The second-order valence-corrected chi connectivity index (χ2v) is 7.54. The predicted octanol–water partition coefficient (Wildman–Crippen LogP) is 3.75. The number of thioether (sulfide) groups is 1. The Morgan fingerprint density at radius 1 is 1.14 bits per heavy atom. The van der Waals surface area contributed by atoms with Gasteiger partial charge in [-0.05, 0) is 23.6 Å². The smallest absolute Gasteiger partial charge is 0.236 e. The van der Waals surface area contributed by atoms with Crippen LogP contribution in [0.15, 0.2) is 45.6 Å². The van der Waals surface area contributed by atoms with Gasteiger partial charge in [-0.1, -0.05) is 17.3 Å². The summed E-state index contributed by atoms with van der Waals surface area (Å²) in [5.41, 5.74) is 7.53. The van der Waals surface area contributed by atoms with Gasteiger partial charge in [0.1, 0.15) is 11.6 Å². The van der Waals surface area contributed by atoms with E-state index in [-0.39, 0.29) is 5.95 Å². The Bertz CT molecular complexity index is 1090. The molecule has 9 nitrogen and oxygen atoms in total. The van der Waals surface area contributed by atoms with Gasteiger partial charge in [-0.25, -0.2) is 0 Å². The maximum absolute atomic E-state index is 5.84. The first kappa shape index (κ1) is 19.2. The quantitative estimate of drug-likeness (QED) is 0.429. The minimum absolute atomic E-state index is 0.144. The zero-order valence-electron chi connectivity index (χ0n) is 15.4. The third kappa shape index (κ3) is 4.81. The number of nitrogens with one attached hydrogen (secondary N) is 1. The number of hydrogen-bond donors (Lipinski definition) is 2. The molecule has 0 saturated carbocycles. The molecular formula is C18H17N7O2S2. The molecular weight excluding hydrogens is 410 g/mol. The number of nitrogen functional groups attached to an aromatic ring is 1. The van der Waals surface area contributed by atoms with Crippen LogP contribution >= 0.6 is 23.1 Å². The van der Waals surface area contributed by atoms with Crippen molar-refractivity contribution in [1.29, 1.82) is 0 Å². The fraction of sp³-hybridized carbons (Fsp3) is 0.167. The van der Waals surface area contributed by atoms with Gasteiger partial charge in [0, 0.05) is 10.9 Å². The van der Waals surface area contributed by atoms with E-state index in [2.05, 4.69) is 30.4 Å². The number of aromatic nitrogens is 5. The molecule has 0 aliphatic rings. The molecule has 0 spiro atoms. The third-order valence-electron chi connectivity index (χ3n) is 3.76. The molecule has 0 unspecified atom stereocenters. The first-order valence-electron chi connectivity index (χ1n) is 8.54. The second kappa shape index (κ2) is 8.88. The van der Waals surface area contributed by atoms with Crippen molar-refractivity contribution in [3.05, 3.63) is 52.8 Å². The van der Waals surface area contributed by atoms with Crippen LogP contribution in [-0.2, 0) is 11.5 Å². The van der Waals surface area contributed by atoms with Crippen LogP contribution in [0.25, 0.3) is 11.4 Å². The maximum Gasteiger partial charge on any atom is 0.236 e. The number of nitrogens with two attached hydrogens (primary N) is 1. The molecule has 4 aromatic rings. The summed E-state index contributed by atoms with van der Waals surface area (Å²) >= 11 is 3.14. The molecule has 29 heavy (non-hydrogen) atoms. The van der Waals surface area contributed by atoms with E-state index in [4.69, 9.17) is 15.0 Å². The fourth-order valence-corrected chi connectivity index (χ4v) is 3.82. The van der Waals surface area contributed by atoms with E-state index in [1.807, 2.05) is 41.1 Å². The average molecular weight is 428 g/mol. The molecule has 0 aliphatic carbocycles. The number of rotatable bonds is 8. The Kier molecular flexibility index (Phi) is 5.86. The Morgan fingerprint density at radius 3 is 2.86 bits per heavy atom. The maximum atomic E-state index is 5.84. The Labute approximate surface area is 174 Å². The Morgan fingerprint density at radius 2 is 2.03 bits per heavy atom. The van der Waals surface area contributed by atoms with Gasteiger partial charge in [-0.3, -0.25) is 0 Å². The molecule has 3 N–H and O–H groups in total. The largest absolute Gasteiger partial charge is 0.495 e. The molecule has 11 heteroatoms. The van der Waals surface area contributed by atoms with Crippen LogP contribution in [0.3, 0.4) is 0 Å². The van der Waals surface area contributed by atoms with Crippen molar-refractivity contribution in [2.24, 2.45) is 0 Å². The molecule has 0 bridgehead atoms. The van der Waals surface area contributed by atoms with E-state index in [0.717, 1.165) is 11.3 Å². The number of ether oxygens (including phenoxy) is 1. The lowest BCUT2D eigenvalue weighted by molar-refractivity contribution is 0.391. The van der Waals surface area contributed by atoms with E-state index in [9.17, 15) is 0 Å². The molecule has 4 rings (SSSR count). The number of methoxy groups -OCH3 is 1. The van der Waals surface area contributed by atoms with Crippen LogP contribution in [0.1, 0.15) is 11.7 Å². The van der Waals surface area contributed by atoms with Gasteiger partial charge >= 0.3 is 0 Å². The second-order valence-electron chi connectivity index (χ2n) is 5.78. The molecule has 0 atom stereocenters. The number of nitrogens with zero attached hydrogens (tertiary/aromatic N) is 5. The van der Waals surface area contributed by atoms with E-state index in [1.54, 1.807) is 30.2 Å². The molecule has 3 aromatic heterocycles. The van der Waals surface area contributed by atoms with Crippen LogP contribution in [0.2, 0.25) is 0 Å². The van der Waals surface area contributed by atoms with E-state index >= 15 is 0 Å². The highest BCUT2D eigenvalue weighted by atomic mass is 32.2. The molecule has 3 heterocycles. The number of hydrogen-bond acceptors (Lipinski definition) is 11. The number of para-hydroxylation sites is 2. The average Bonchev–Trinajstić information content (AvgIpc) is 3.40. The highest BCUT2D eigenvalue weighted by molar-refractivity contribution is 7.97. The first-order chi connectivity index (χ1) is 14.2. The van der Waals surface area contributed by atoms with E-state index in [1.165, 1.54) is 0 Å². The third-order valence-corrected chi connectivity index (χ3v) is 5.35. The summed E-state index contributed by atoms with van der Waals surface area (Å²) < 4.78 is 10.6. The lowest BCUT2D eigenvalue weighted by Gasteiger charge is -2.10. The van der Waals surface area contributed by atoms with Crippen LogP contribution in [0, 0.1) is 0 Å². The van der Waals surface area contributed by atoms with Gasteiger partial charge in [0.25, 0.3) is 0 Å². The molecule has 0 radical (unpaired) electrons. The zero-order chi connectivity index (χ0) is 20.1. The molecule has 148 valence electrons. The highest BCUT2D eigenvalue weighted by Crippen LogP contribution is 2.26. The van der Waals surface area contributed by atoms with Crippen molar-refractivity contribution in [2.75, 3.05) is 18.2 Å². The van der Waals surface area contributed by atoms with Gasteiger partial charge in [0.15, 0.2) is 0 Å². The summed E-state index contributed by atoms with van der Waals surface area (Å²) in [5, 5.41) is 11.1. The van der Waals surface area contributed by atoms with Crippen molar-refractivity contribution in [3.63, 3.8) is 0 Å². The van der Waals surface area contributed by atoms with Crippen LogP contribution < -0.4 is 15.8 Å². The van der Waals surface area contributed by atoms with Crippen LogP contribution in [0.4, 0.5) is 17.6 Å². The summed E-state index contributed by atoms with van der Waals surface area (Å²) in [7, 11) is 1.60. The van der Waals surface area contributed by atoms with Crippen molar-refractivity contribution in [1.82, 2.24) is 25.1 Å². The van der Waals surface area contributed by atoms with E-state index < -0.39 is 0 Å². The summed E-state index contributed by atoms with van der Waals surface area (Å²) in [5.74, 6) is 3.93. The SMILES string of the molecule is COc1ccccc1Nc1nc(N)nc(CSCc2nc(-c3ccsc3)no2)n1. The summed E-state index contributed by atoms with van der Waals surface area (Å²) in [6.45, 7) is 0. The normalized spacial score (nSPS) is 10.8. The predicted molar refractivity (Wildman–Crippen MR) is 113 cm³/mol. The molecule has 0 saturated heterocycles. The lowest BCUT2D eigenvalue weighted by atomic mass is 10.3. The Balaban J connectivity index is 1.39. The zero-order valence-corrected chi connectivity index (χ0v) is 17.0. The standard InChI is InChI=1S/C18H17N7O2S2/c1-26-13-5-3-2-4-12(13)20-18-22-14(21-17(19)24-18)9-29-10-15-23-16(25-27-15)11-6-7-28-8-11/h2-8H,9-10H2,1H3,(H3,19,20,21,22,24).